The molecule has 0 amide bonds. The zero-order valence-corrected chi connectivity index (χ0v) is 12.7. The van der Waals surface area contributed by atoms with Crippen molar-refractivity contribution in [3.63, 3.8) is 0 Å². The second-order valence-electron chi connectivity index (χ2n) is 4.89. The molecule has 0 unspecified atom stereocenters. The van der Waals surface area contributed by atoms with Gasteiger partial charge in [-0.2, -0.15) is 10.1 Å². The molecule has 0 radical (unpaired) electrons. The molecule has 0 bridgehead atoms. The van der Waals surface area contributed by atoms with Gasteiger partial charge >= 0.3 is 5.69 Å². The number of benzene rings is 1. The number of hydrogen-bond donors (Lipinski definition) is 0. The van der Waals surface area contributed by atoms with E-state index in [0.29, 0.717) is 17.3 Å². The van der Waals surface area contributed by atoms with Gasteiger partial charge in [-0.05, 0) is 17.7 Å². The van der Waals surface area contributed by atoms with Crippen LogP contribution in [0.3, 0.4) is 0 Å². The molecule has 1 aromatic carbocycles. The molecular weight excluding hydrogens is 306 g/mol. The highest BCUT2D eigenvalue weighted by molar-refractivity contribution is 6.30. The summed E-state index contributed by atoms with van der Waals surface area (Å²) in [6, 6.07) is 7.30. The van der Waals surface area contributed by atoms with E-state index < -0.39 is 11.2 Å². The van der Waals surface area contributed by atoms with Gasteiger partial charge in [-0.15, -0.1) is 0 Å². The summed E-state index contributed by atoms with van der Waals surface area (Å²) in [4.78, 5) is 31.8. The predicted octanol–water partition coefficient (Wildman–Crippen LogP) is 0.618. The van der Waals surface area contributed by atoms with Crippen molar-refractivity contribution in [3.05, 3.63) is 61.5 Å². The number of aromatic nitrogens is 5. The van der Waals surface area contributed by atoms with Crippen molar-refractivity contribution in [2.75, 3.05) is 0 Å². The summed E-state index contributed by atoms with van der Waals surface area (Å²) in [5, 5.41) is 4.90. The van der Waals surface area contributed by atoms with Gasteiger partial charge in [-0.1, -0.05) is 23.7 Å². The van der Waals surface area contributed by atoms with Crippen LogP contribution in [0.4, 0.5) is 0 Å². The lowest BCUT2D eigenvalue weighted by Gasteiger charge is -2.11. The maximum absolute atomic E-state index is 12.2. The Balaban J connectivity index is 2.13. The summed E-state index contributed by atoms with van der Waals surface area (Å²) in [7, 11) is 3.00. The van der Waals surface area contributed by atoms with E-state index in [1.54, 1.807) is 19.2 Å². The fourth-order valence-electron chi connectivity index (χ4n) is 2.11. The van der Waals surface area contributed by atoms with Crippen molar-refractivity contribution in [2.45, 2.75) is 6.42 Å². The third-order valence-corrected chi connectivity index (χ3v) is 3.55. The average Bonchev–Trinajstić information content (AvgIpc) is 2.49. The second kappa shape index (κ2) is 5.34. The van der Waals surface area contributed by atoms with E-state index >= 15 is 0 Å². The van der Waals surface area contributed by atoms with Crippen LogP contribution in [0.5, 0.6) is 0 Å². The Morgan fingerprint density at radius 1 is 1.09 bits per heavy atom. The fourth-order valence-corrected chi connectivity index (χ4v) is 2.24. The average molecular weight is 318 g/mol. The Morgan fingerprint density at radius 3 is 2.45 bits per heavy atom. The maximum Gasteiger partial charge on any atom is 0.352 e. The van der Waals surface area contributed by atoms with Gasteiger partial charge in [0.25, 0.3) is 5.56 Å². The summed E-state index contributed by atoms with van der Waals surface area (Å²) in [5.74, 6) is 0.642. The van der Waals surface area contributed by atoms with Crippen molar-refractivity contribution in [3.8, 4) is 11.5 Å². The van der Waals surface area contributed by atoms with Gasteiger partial charge in [0, 0.05) is 25.5 Å². The van der Waals surface area contributed by atoms with Crippen LogP contribution in [0.25, 0.3) is 11.5 Å². The first-order valence-electron chi connectivity index (χ1n) is 6.51. The Hall–Kier alpha value is -2.54. The smallest absolute Gasteiger partial charge is 0.267 e. The number of nitrogens with zero attached hydrogens (tertiary/aromatic N) is 5. The quantitative estimate of drug-likeness (QED) is 0.692. The molecule has 0 aliphatic carbocycles. The Bertz CT molecular complexity index is 930. The monoisotopic (exact) mass is 317 g/mol. The van der Waals surface area contributed by atoms with Crippen molar-refractivity contribution in [2.24, 2.45) is 14.1 Å². The van der Waals surface area contributed by atoms with Gasteiger partial charge in [-0.25, -0.2) is 14.5 Å². The van der Waals surface area contributed by atoms with Crippen LogP contribution in [0.15, 0.2) is 33.9 Å². The first kappa shape index (κ1) is 14.4. The minimum Gasteiger partial charge on any atom is -0.267 e. The molecule has 0 saturated heterocycles. The molecular formula is C14H12ClN5O2. The van der Waals surface area contributed by atoms with Crippen LogP contribution in [0, 0.1) is 0 Å². The lowest BCUT2D eigenvalue weighted by molar-refractivity contribution is 0.651. The van der Waals surface area contributed by atoms with Gasteiger partial charge in [0.1, 0.15) is 0 Å². The van der Waals surface area contributed by atoms with Crippen molar-refractivity contribution >= 4 is 11.6 Å². The van der Waals surface area contributed by atoms with E-state index in [2.05, 4.69) is 15.1 Å². The minimum absolute atomic E-state index is 0.128. The van der Waals surface area contributed by atoms with Gasteiger partial charge in [0.15, 0.2) is 17.3 Å². The molecule has 0 spiro atoms. The molecule has 2 aliphatic rings. The number of hydrogen-bond acceptors (Lipinski definition) is 5. The lowest BCUT2D eigenvalue weighted by Crippen LogP contribution is -2.37. The van der Waals surface area contributed by atoms with Crippen LogP contribution in [-0.2, 0) is 20.5 Å². The molecule has 112 valence electrons. The van der Waals surface area contributed by atoms with E-state index in [1.807, 2.05) is 12.1 Å². The van der Waals surface area contributed by atoms with E-state index in [1.165, 1.54) is 11.7 Å². The van der Waals surface area contributed by atoms with Crippen LogP contribution >= 0.6 is 11.6 Å². The third-order valence-electron chi connectivity index (χ3n) is 3.30. The lowest BCUT2D eigenvalue weighted by atomic mass is 10.1. The summed E-state index contributed by atoms with van der Waals surface area (Å²) >= 11 is 5.85. The van der Waals surface area contributed by atoms with Crippen LogP contribution in [0.2, 0.25) is 5.02 Å². The first-order chi connectivity index (χ1) is 10.5. The minimum atomic E-state index is -0.623. The number of rotatable bonds is 2. The number of aryl methyl sites for hydroxylation is 1. The molecule has 0 aromatic heterocycles. The molecule has 0 atom stereocenters. The molecule has 2 heterocycles. The highest BCUT2D eigenvalue weighted by Gasteiger charge is 2.18. The predicted molar refractivity (Wildman–Crippen MR) is 81.2 cm³/mol. The van der Waals surface area contributed by atoms with Gasteiger partial charge in [-0.3, -0.25) is 9.36 Å². The molecule has 3 rings (SSSR count). The van der Waals surface area contributed by atoms with E-state index in [9.17, 15) is 9.59 Å². The van der Waals surface area contributed by atoms with Crippen molar-refractivity contribution in [1.29, 1.82) is 0 Å². The molecule has 0 N–H and O–H groups in total. The Kier molecular flexibility index (Phi) is 3.50. The standard InChI is InChI=1S/C14H12ClN5O2/c1-19-13(21)11-12(17-14(19)22)20(2)18-10(16-11)7-8-3-5-9(15)6-4-8/h3-6H,7H2,1-2H3. The zero-order chi connectivity index (χ0) is 15.9. The highest BCUT2D eigenvalue weighted by atomic mass is 35.5. The molecule has 7 nitrogen and oxygen atoms in total. The molecule has 1 aromatic rings. The molecule has 22 heavy (non-hydrogen) atoms. The number of fused-ring (bicyclic) bond motifs is 1. The molecule has 2 aliphatic heterocycles. The SMILES string of the molecule is Cn1nc(Cc2ccc(Cl)cc2)nc2c(=O)n(C)c(=O)nc1-2. The topological polar surface area (TPSA) is 82.7 Å². The van der Waals surface area contributed by atoms with E-state index in [0.717, 1.165) is 10.1 Å². The first-order valence-corrected chi connectivity index (χ1v) is 6.89. The summed E-state index contributed by atoms with van der Waals surface area (Å²) < 4.78 is 2.33. The maximum atomic E-state index is 12.2. The van der Waals surface area contributed by atoms with Crippen LogP contribution in [0.1, 0.15) is 11.4 Å². The highest BCUT2D eigenvalue weighted by Crippen LogP contribution is 2.14. The largest absolute Gasteiger partial charge is 0.352 e. The number of halogens is 1. The van der Waals surface area contributed by atoms with Gasteiger partial charge in [0.2, 0.25) is 0 Å². The second-order valence-corrected chi connectivity index (χ2v) is 5.32. The normalized spacial score (nSPS) is 11.0. The molecule has 8 heteroatoms. The van der Waals surface area contributed by atoms with Crippen LogP contribution in [-0.4, -0.2) is 24.3 Å². The molecule has 0 fully saturated rings. The summed E-state index contributed by atoms with van der Waals surface area (Å²) in [6.07, 6.45) is 0.448. The summed E-state index contributed by atoms with van der Waals surface area (Å²) in [5.41, 5.74) is -0.00921. The van der Waals surface area contributed by atoms with Crippen molar-refractivity contribution < 1.29 is 0 Å². The van der Waals surface area contributed by atoms with E-state index in [-0.39, 0.29) is 11.5 Å². The van der Waals surface area contributed by atoms with Gasteiger partial charge < -0.3 is 0 Å². The van der Waals surface area contributed by atoms with Crippen molar-refractivity contribution in [1.82, 2.24) is 24.3 Å². The van der Waals surface area contributed by atoms with E-state index in [4.69, 9.17) is 11.6 Å². The third kappa shape index (κ3) is 2.50. The fraction of sp³-hybridized carbons (Fsp3) is 0.214. The molecule has 0 saturated carbocycles. The Labute approximate surface area is 130 Å². The van der Waals surface area contributed by atoms with Crippen LogP contribution < -0.4 is 11.2 Å². The summed E-state index contributed by atoms with van der Waals surface area (Å²) in [6.45, 7) is 0. The van der Waals surface area contributed by atoms with Gasteiger partial charge in [0.05, 0.1) is 0 Å². The Morgan fingerprint density at radius 2 is 1.77 bits per heavy atom. The zero-order valence-electron chi connectivity index (χ0n) is 11.9.